The number of rotatable bonds is 12. The highest BCUT2D eigenvalue weighted by atomic mass is 31.2. The fourth-order valence-corrected chi connectivity index (χ4v) is 6.20. The molecule has 2 unspecified atom stereocenters. The van der Waals surface area contributed by atoms with E-state index in [2.05, 4.69) is 15.7 Å². The van der Waals surface area contributed by atoms with Gasteiger partial charge in [-0.05, 0) is 25.0 Å². The number of hydrogen-bond acceptors (Lipinski definition) is 6. The first kappa shape index (κ1) is 28.6. The molecular weight excluding hydrogens is 505 g/mol. The normalized spacial score (nSPS) is 13.8. The summed E-state index contributed by atoms with van der Waals surface area (Å²) >= 11 is 0. The van der Waals surface area contributed by atoms with E-state index in [1.54, 1.807) is 67.6 Å². The lowest BCUT2D eigenvalue weighted by Crippen LogP contribution is -2.47. The van der Waals surface area contributed by atoms with Gasteiger partial charge in [-0.15, -0.1) is 0 Å². The van der Waals surface area contributed by atoms with Crippen molar-refractivity contribution in [1.29, 1.82) is 0 Å². The van der Waals surface area contributed by atoms with Crippen LogP contribution in [0, 0.1) is 0 Å². The molecule has 0 fully saturated rings. The highest BCUT2D eigenvalue weighted by Gasteiger charge is 2.38. The van der Waals surface area contributed by atoms with Gasteiger partial charge >= 0.3 is 12.1 Å². The number of alkyl carbamates (subject to hydrolysis) is 1. The van der Waals surface area contributed by atoms with Gasteiger partial charge in [0.05, 0.1) is 6.61 Å². The predicted octanol–water partition coefficient (Wildman–Crippen LogP) is 3.87. The summed E-state index contributed by atoms with van der Waals surface area (Å²) in [6.07, 6.45) is -0.764. The second-order valence-electron chi connectivity index (χ2n) is 8.38. The van der Waals surface area contributed by atoms with Gasteiger partial charge in [-0.25, -0.2) is 4.79 Å². The monoisotopic (exact) mass is 537 g/mol. The van der Waals surface area contributed by atoms with E-state index in [0.29, 0.717) is 10.9 Å². The van der Waals surface area contributed by atoms with Crippen LogP contribution in [0.4, 0.5) is 4.79 Å². The molecule has 0 aliphatic heterocycles. The average Bonchev–Trinajstić information content (AvgIpc) is 2.95. The van der Waals surface area contributed by atoms with Crippen molar-refractivity contribution in [1.82, 2.24) is 15.7 Å². The molecule has 200 valence electrons. The molecule has 0 aliphatic rings. The van der Waals surface area contributed by atoms with Crippen molar-refractivity contribution in [3.05, 3.63) is 102 Å². The summed E-state index contributed by atoms with van der Waals surface area (Å²) in [5, 5.41) is 8.62. The lowest BCUT2D eigenvalue weighted by molar-refractivity contribution is -0.141. The lowest BCUT2D eigenvalue weighted by Gasteiger charge is -2.31. The summed E-state index contributed by atoms with van der Waals surface area (Å²) in [4.78, 5) is 37.7. The third kappa shape index (κ3) is 8.03. The van der Waals surface area contributed by atoms with Crippen molar-refractivity contribution >= 4 is 30.6 Å². The Bertz CT molecular complexity index is 1240. The van der Waals surface area contributed by atoms with Gasteiger partial charge in [0.1, 0.15) is 25.0 Å². The van der Waals surface area contributed by atoms with Gasteiger partial charge in [-0.2, -0.15) is 0 Å². The first-order valence-electron chi connectivity index (χ1n) is 12.2. The Labute approximate surface area is 222 Å². The SMILES string of the molecule is CCOC(=O)CNP(=O)(c1ccccc1)C(NC(=O)[C@H](C)NC(=O)OCc1ccccc1)c1ccccc1. The Morgan fingerprint density at radius 2 is 1.39 bits per heavy atom. The minimum absolute atomic E-state index is 0.0502. The van der Waals surface area contributed by atoms with E-state index in [-0.39, 0.29) is 19.8 Å². The Balaban J connectivity index is 1.81. The van der Waals surface area contributed by atoms with Crippen LogP contribution >= 0.6 is 7.29 Å². The number of hydrogen-bond donors (Lipinski definition) is 3. The minimum Gasteiger partial charge on any atom is -0.465 e. The second-order valence-corrected chi connectivity index (χ2v) is 11.0. The maximum absolute atomic E-state index is 14.6. The zero-order valence-corrected chi connectivity index (χ0v) is 22.2. The standard InChI is InChI=1S/C28H32N3O6P/c1-3-36-25(32)19-29-38(35,24-17-11-6-12-18-24)27(23-15-9-5-10-16-23)31-26(33)21(2)30-28(34)37-20-22-13-7-4-8-14-22/h4-18,21,27H,3,19-20H2,1-2H3,(H,29,35)(H,30,34)(H,31,33)/t21-,27?,38?/m0/s1. The first-order valence-corrected chi connectivity index (χ1v) is 14.0. The van der Waals surface area contributed by atoms with Crippen molar-refractivity contribution in [2.45, 2.75) is 32.3 Å². The van der Waals surface area contributed by atoms with E-state index in [1.165, 1.54) is 6.92 Å². The van der Waals surface area contributed by atoms with E-state index in [0.717, 1.165) is 5.56 Å². The number of esters is 1. The van der Waals surface area contributed by atoms with Crippen LogP contribution in [0.1, 0.15) is 30.8 Å². The molecule has 38 heavy (non-hydrogen) atoms. The number of ether oxygens (including phenoxy) is 2. The van der Waals surface area contributed by atoms with Crippen LogP contribution in [0.25, 0.3) is 0 Å². The third-order valence-corrected chi connectivity index (χ3v) is 8.45. The molecule has 10 heteroatoms. The summed E-state index contributed by atoms with van der Waals surface area (Å²) in [6, 6.07) is 25.5. The van der Waals surface area contributed by atoms with E-state index in [1.807, 2.05) is 30.3 Å². The number of benzene rings is 3. The van der Waals surface area contributed by atoms with Crippen LogP contribution in [0.15, 0.2) is 91.0 Å². The van der Waals surface area contributed by atoms with E-state index in [4.69, 9.17) is 9.47 Å². The molecule has 0 aliphatic carbocycles. The minimum atomic E-state index is -3.69. The van der Waals surface area contributed by atoms with Crippen LogP contribution < -0.4 is 21.0 Å². The van der Waals surface area contributed by atoms with Crippen molar-refractivity contribution in [2.24, 2.45) is 0 Å². The molecule has 3 N–H and O–H groups in total. The number of carbonyl (C=O) groups is 3. The summed E-state index contributed by atoms with van der Waals surface area (Å²) in [5.74, 6) is -2.19. The van der Waals surface area contributed by atoms with Crippen molar-refractivity contribution in [3.63, 3.8) is 0 Å². The molecule has 0 heterocycles. The molecule has 0 aromatic heterocycles. The van der Waals surface area contributed by atoms with Crippen molar-refractivity contribution in [2.75, 3.05) is 13.2 Å². The lowest BCUT2D eigenvalue weighted by atomic mass is 10.2. The Morgan fingerprint density at radius 3 is 2.00 bits per heavy atom. The molecule has 0 saturated carbocycles. The fraction of sp³-hybridized carbons (Fsp3) is 0.250. The second kappa shape index (κ2) is 14.1. The third-order valence-electron chi connectivity index (χ3n) is 5.60. The number of carbonyl (C=O) groups excluding carboxylic acids is 3. The average molecular weight is 538 g/mol. The van der Waals surface area contributed by atoms with Gasteiger partial charge in [0, 0.05) is 5.30 Å². The van der Waals surface area contributed by atoms with Crippen LogP contribution in [0.5, 0.6) is 0 Å². The molecule has 9 nitrogen and oxygen atoms in total. The van der Waals surface area contributed by atoms with Gasteiger partial charge < -0.3 is 20.1 Å². The summed E-state index contributed by atoms with van der Waals surface area (Å²) in [7, 11) is -3.69. The fourth-order valence-electron chi connectivity index (χ4n) is 3.66. The molecule has 2 amide bonds. The smallest absolute Gasteiger partial charge is 0.408 e. The molecule has 0 saturated heterocycles. The maximum Gasteiger partial charge on any atom is 0.408 e. The largest absolute Gasteiger partial charge is 0.465 e. The summed E-state index contributed by atoms with van der Waals surface area (Å²) in [6.45, 7) is 3.09. The van der Waals surface area contributed by atoms with Crippen LogP contribution in [-0.4, -0.2) is 37.2 Å². The zero-order chi connectivity index (χ0) is 27.4. The summed E-state index contributed by atoms with van der Waals surface area (Å²) < 4.78 is 24.8. The van der Waals surface area contributed by atoms with Crippen molar-refractivity contribution < 1.29 is 28.4 Å². The van der Waals surface area contributed by atoms with E-state index < -0.39 is 37.1 Å². The first-order chi connectivity index (χ1) is 18.3. The van der Waals surface area contributed by atoms with Crippen LogP contribution in [0.3, 0.4) is 0 Å². The summed E-state index contributed by atoms with van der Waals surface area (Å²) in [5.41, 5.74) is 1.36. The van der Waals surface area contributed by atoms with Gasteiger partial charge in [-0.1, -0.05) is 91.0 Å². The van der Waals surface area contributed by atoms with Gasteiger partial charge in [0.2, 0.25) is 13.2 Å². The predicted molar refractivity (Wildman–Crippen MR) is 145 cm³/mol. The zero-order valence-electron chi connectivity index (χ0n) is 21.3. The van der Waals surface area contributed by atoms with Gasteiger partial charge in [0.25, 0.3) is 0 Å². The highest BCUT2D eigenvalue weighted by Crippen LogP contribution is 2.53. The number of amides is 2. The topological polar surface area (TPSA) is 123 Å². The molecule has 3 atom stereocenters. The van der Waals surface area contributed by atoms with Crippen LogP contribution in [-0.2, 0) is 30.2 Å². The van der Waals surface area contributed by atoms with E-state index >= 15 is 0 Å². The van der Waals surface area contributed by atoms with Crippen molar-refractivity contribution in [3.8, 4) is 0 Å². The van der Waals surface area contributed by atoms with Crippen LogP contribution in [0.2, 0.25) is 0 Å². The van der Waals surface area contributed by atoms with Gasteiger partial charge in [0.15, 0.2) is 0 Å². The molecule has 0 spiro atoms. The molecule has 3 aromatic carbocycles. The molecular formula is C28H32N3O6P. The highest BCUT2D eigenvalue weighted by molar-refractivity contribution is 7.70. The van der Waals surface area contributed by atoms with E-state index in [9.17, 15) is 18.9 Å². The Kier molecular flexibility index (Phi) is 10.6. The molecule has 3 rings (SSSR count). The maximum atomic E-state index is 14.6. The Hall–Kier alpha value is -3.94. The molecule has 0 bridgehead atoms. The molecule has 0 radical (unpaired) electrons. The molecule has 3 aromatic rings. The van der Waals surface area contributed by atoms with Gasteiger partial charge in [-0.3, -0.25) is 19.2 Å². The number of nitrogens with one attached hydrogen (secondary N) is 3. The quantitative estimate of drug-likeness (QED) is 0.237. The Morgan fingerprint density at radius 1 is 0.816 bits per heavy atom.